The lowest BCUT2D eigenvalue weighted by molar-refractivity contribution is -0.137. The molecule has 1 aromatic heterocycles. The van der Waals surface area contributed by atoms with Crippen molar-refractivity contribution in [3.63, 3.8) is 0 Å². The number of halogens is 4. The summed E-state index contributed by atoms with van der Waals surface area (Å²) in [5.41, 5.74) is -1.48. The van der Waals surface area contributed by atoms with Crippen LogP contribution in [0.3, 0.4) is 0 Å². The fourth-order valence-corrected chi connectivity index (χ4v) is 1.50. The summed E-state index contributed by atoms with van der Waals surface area (Å²) < 4.78 is 43.1. The first-order valence-electron chi connectivity index (χ1n) is 4.93. The second-order valence-corrected chi connectivity index (χ2v) is 3.97. The highest BCUT2D eigenvalue weighted by molar-refractivity contribution is 9.10. The zero-order chi connectivity index (χ0) is 13.8. The summed E-state index contributed by atoms with van der Waals surface area (Å²) >= 11 is 2.97. The highest BCUT2D eigenvalue weighted by atomic mass is 79.9. The number of esters is 1. The highest BCUT2D eigenvalue weighted by Crippen LogP contribution is 2.33. The Morgan fingerprint density at radius 2 is 2.17 bits per heavy atom. The van der Waals surface area contributed by atoms with Crippen molar-refractivity contribution < 1.29 is 22.7 Å². The van der Waals surface area contributed by atoms with Crippen LogP contribution in [0, 0.1) is 0 Å². The fourth-order valence-electron chi connectivity index (χ4n) is 1.16. The van der Waals surface area contributed by atoms with E-state index in [0.717, 1.165) is 0 Å². The van der Waals surface area contributed by atoms with Crippen molar-refractivity contribution in [2.24, 2.45) is 0 Å². The number of allylic oxidation sites excluding steroid dienone is 1. The number of carbonyl (C=O) groups excluding carboxylic acids is 1. The van der Waals surface area contributed by atoms with Gasteiger partial charge >= 0.3 is 12.1 Å². The Balaban J connectivity index is 3.19. The minimum absolute atomic E-state index is 0.00633. The molecular formula is C11H9BrF3NO2. The molecular weight excluding hydrogens is 315 g/mol. The van der Waals surface area contributed by atoms with Crippen LogP contribution in [0.2, 0.25) is 0 Å². The van der Waals surface area contributed by atoms with Crippen molar-refractivity contribution in [2.75, 3.05) is 6.61 Å². The average molecular weight is 324 g/mol. The number of rotatable bonds is 3. The molecule has 0 aromatic carbocycles. The van der Waals surface area contributed by atoms with Crippen LogP contribution in [0.4, 0.5) is 13.2 Å². The molecule has 0 bridgehead atoms. The molecule has 0 spiro atoms. The number of alkyl halides is 3. The highest BCUT2D eigenvalue weighted by Gasteiger charge is 2.36. The van der Waals surface area contributed by atoms with Gasteiger partial charge in [0.25, 0.3) is 0 Å². The number of pyridine rings is 1. The topological polar surface area (TPSA) is 39.2 Å². The SMILES string of the molecule is CCOC(=O)/C=C(/c1cccc(Br)n1)C(F)(F)F. The van der Waals surface area contributed by atoms with Crippen LogP contribution in [0.15, 0.2) is 28.9 Å². The summed E-state index contributed by atoms with van der Waals surface area (Å²) in [6.07, 6.45) is -4.28. The number of hydrogen-bond acceptors (Lipinski definition) is 3. The molecule has 98 valence electrons. The Kier molecular flexibility index (Phi) is 4.89. The van der Waals surface area contributed by atoms with Gasteiger partial charge in [-0.15, -0.1) is 0 Å². The minimum Gasteiger partial charge on any atom is -0.463 e. The van der Waals surface area contributed by atoms with E-state index in [9.17, 15) is 18.0 Å². The van der Waals surface area contributed by atoms with E-state index in [2.05, 4.69) is 25.7 Å². The van der Waals surface area contributed by atoms with E-state index >= 15 is 0 Å². The van der Waals surface area contributed by atoms with Gasteiger partial charge in [0.05, 0.1) is 17.9 Å². The number of carbonyl (C=O) groups is 1. The molecule has 0 amide bonds. The van der Waals surface area contributed by atoms with Crippen LogP contribution >= 0.6 is 15.9 Å². The van der Waals surface area contributed by atoms with Gasteiger partial charge in [-0.3, -0.25) is 0 Å². The molecule has 0 atom stereocenters. The molecule has 3 nitrogen and oxygen atoms in total. The summed E-state index contributed by atoms with van der Waals surface area (Å²) in [7, 11) is 0. The monoisotopic (exact) mass is 323 g/mol. The van der Waals surface area contributed by atoms with Gasteiger partial charge in [0.1, 0.15) is 4.60 Å². The Bertz CT molecular complexity index is 472. The molecule has 1 aromatic rings. The maximum atomic E-state index is 12.8. The molecule has 0 aliphatic heterocycles. The van der Waals surface area contributed by atoms with Crippen molar-refractivity contribution in [3.8, 4) is 0 Å². The lowest BCUT2D eigenvalue weighted by atomic mass is 10.1. The van der Waals surface area contributed by atoms with Gasteiger partial charge in [0, 0.05) is 6.08 Å². The Hall–Kier alpha value is -1.37. The molecule has 0 unspecified atom stereocenters. The van der Waals surface area contributed by atoms with Crippen LogP contribution in [0.1, 0.15) is 12.6 Å². The third-order valence-corrected chi connectivity index (χ3v) is 2.29. The molecule has 0 saturated carbocycles. The van der Waals surface area contributed by atoms with Gasteiger partial charge in [-0.05, 0) is 35.0 Å². The van der Waals surface area contributed by atoms with Crippen molar-refractivity contribution >= 4 is 27.5 Å². The smallest absolute Gasteiger partial charge is 0.418 e. The summed E-state index contributed by atoms with van der Waals surface area (Å²) in [6, 6.07) is 4.06. The number of hydrogen-bond donors (Lipinski definition) is 0. The van der Waals surface area contributed by atoms with E-state index in [1.54, 1.807) is 0 Å². The second kappa shape index (κ2) is 5.99. The Labute approximate surface area is 110 Å². The number of ether oxygens (including phenoxy) is 1. The quantitative estimate of drug-likeness (QED) is 0.486. The van der Waals surface area contributed by atoms with Crippen LogP contribution in [-0.2, 0) is 9.53 Å². The minimum atomic E-state index is -4.68. The standard InChI is InChI=1S/C11H9BrF3NO2/c1-2-18-10(17)6-7(11(13,14)15)8-4-3-5-9(12)16-8/h3-6H,2H2,1H3/b7-6-. The zero-order valence-corrected chi connectivity index (χ0v) is 10.9. The predicted molar refractivity (Wildman–Crippen MR) is 62.6 cm³/mol. The predicted octanol–water partition coefficient (Wildman–Crippen LogP) is 3.35. The van der Waals surface area contributed by atoms with Crippen LogP contribution in [0.5, 0.6) is 0 Å². The van der Waals surface area contributed by atoms with Crippen molar-refractivity contribution in [3.05, 3.63) is 34.6 Å². The first kappa shape index (κ1) is 14.7. The maximum Gasteiger partial charge on any atom is 0.418 e. The molecule has 1 heterocycles. The first-order chi connectivity index (χ1) is 8.34. The van der Waals surface area contributed by atoms with Gasteiger partial charge < -0.3 is 4.74 Å². The summed E-state index contributed by atoms with van der Waals surface area (Å²) in [5.74, 6) is -1.05. The fraction of sp³-hybridized carbons (Fsp3) is 0.273. The van der Waals surface area contributed by atoms with Crippen molar-refractivity contribution in [2.45, 2.75) is 13.1 Å². The van der Waals surface area contributed by atoms with Gasteiger partial charge in [-0.25, -0.2) is 9.78 Å². The second-order valence-electron chi connectivity index (χ2n) is 3.15. The molecule has 0 saturated heterocycles. The van der Waals surface area contributed by atoms with E-state index in [4.69, 9.17) is 0 Å². The lowest BCUT2D eigenvalue weighted by Gasteiger charge is -2.11. The summed E-state index contributed by atoms with van der Waals surface area (Å²) in [6.45, 7) is 1.52. The third kappa shape index (κ3) is 4.14. The van der Waals surface area contributed by atoms with E-state index in [-0.39, 0.29) is 16.9 Å². The van der Waals surface area contributed by atoms with E-state index in [0.29, 0.717) is 6.08 Å². The average Bonchev–Trinajstić information content (AvgIpc) is 2.24. The maximum absolute atomic E-state index is 12.8. The Morgan fingerprint density at radius 3 is 2.67 bits per heavy atom. The van der Waals surface area contributed by atoms with E-state index < -0.39 is 17.7 Å². The van der Waals surface area contributed by atoms with E-state index in [1.807, 2.05) is 0 Å². The molecule has 0 fully saturated rings. The molecule has 0 aliphatic carbocycles. The lowest BCUT2D eigenvalue weighted by Crippen LogP contribution is -2.14. The third-order valence-electron chi connectivity index (χ3n) is 1.85. The van der Waals surface area contributed by atoms with Gasteiger partial charge in [0.15, 0.2) is 0 Å². The molecule has 0 radical (unpaired) electrons. The van der Waals surface area contributed by atoms with Crippen LogP contribution in [-0.4, -0.2) is 23.7 Å². The van der Waals surface area contributed by atoms with Crippen molar-refractivity contribution in [1.29, 1.82) is 0 Å². The van der Waals surface area contributed by atoms with Gasteiger partial charge in [0.2, 0.25) is 0 Å². The summed E-state index contributed by atoms with van der Waals surface area (Å²) in [5, 5.41) is 0. The number of nitrogens with zero attached hydrogens (tertiary/aromatic N) is 1. The van der Waals surface area contributed by atoms with E-state index in [1.165, 1.54) is 25.1 Å². The van der Waals surface area contributed by atoms with Crippen molar-refractivity contribution in [1.82, 2.24) is 4.98 Å². The largest absolute Gasteiger partial charge is 0.463 e. The van der Waals surface area contributed by atoms with Crippen LogP contribution in [0.25, 0.3) is 5.57 Å². The van der Waals surface area contributed by atoms with Crippen LogP contribution < -0.4 is 0 Å². The molecule has 0 N–H and O–H groups in total. The molecule has 0 aliphatic rings. The molecule has 1 rings (SSSR count). The van der Waals surface area contributed by atoms with Gasteiger partial charge in [-0.2, -0.15) is 13.2 Å². The van der Waals surface area contributed by atoms with Gasteiger partial charge in [-0.1, -0.05) is 6.07 Å². The molecule has 7 heteroatoms. The first-order valence-corrected chi connectivity index (χ1v) is 5.72. The summed E-state index contributed by atoms with van der Waals surface area (Å²) in [4.78, 5) is 14.8. The zero-order valence-electron chi connectivity index (χ0n) is 9.29. The normalized spacial score (nSPS) is 12.4. The Morgan fingerprint density at radius 1 is 1.50 bits per heavy atom. The molecule has 18 heavy (non-hydrogen) atoms. The number of aromatic nitrogens is 1.